The van der Waals surface area contributed by atoms with Crippen molar-refractivity contribution in [3.63, 3.8) is 0 Å². The minimum atomic E-state index is 0.0483. The SMILES string of the molecule is Cc1ccc([C@H](CNC(=O)[C@H]2C[C@H]2c2cccnc2)N2CCOCC2)o1. The summed E-state index contributed by atoms with van der Waals surface area (Å²) in [6.45, 7) is 5.64. The maximum Gasteiger partial charge on any atom is 0.223 e. The van der Waals surface area contributed by atoms with Crippen LogP contribution in [0.3, 0.4) is 0 Å². The van der Waals surface area contributed by atoms with Crippen molar-refractivity contribution < 1.29 is 13.9 Å². The molecule has 1 aliphatic carbocycles. The van der Waals surface area contributed by atoms with Crippen molar-refractivity contribution in [2.45, 2.75) is 25.3 Å². The number of aryl methyl sites for hydroxylation is 1. The molecule has 26 heavy (non-hydrogen) atoms. The predicted molar refractivity (Wildman–Crippen MR) is 96.7 cm³/mol. The Hall–Kier alpha value is -2.18. The van der Waals surface area contributed by atoms with Crippen LogP contribution in [-0.4, -0.2) is 48.6 Å². The highest BCUT2D eigenvalue weighted by Crippen LogP contribution is 2.47. The summed E-state index contributed by atoms with van der Waals surface area (Å²) in [6, 6.07) is 8.01. The second-order valence-corrected chi connectivity index (χ2v) is 7.09. The lowest BCUT2D eigenvalue weighted by Crippen LogP contribution is -2.44. The number of nitrogens with zero attached hydrogens (tertiary/aromatic N) is 2. The topological polar surface area (TPSA) is 67.6 Å². The first kappa shape index (κ1) is 17.2. The van der Waals surface area contributed by atoms with Crippen molar-refractivity contribution in [2.24, 2.45) is 5.92 Å². The number of furan rings is 1. The Labute approximate surface area is 153 Å². The van der Waals surface area contributed by atoms with Crippen molar-refractivity contribution in [2.75, 3.05) is 32.8 Å². The summed E-state index contributed by atoms with van der Waals surface area (Å²) in [5.41, 5.74) is 1.15. The number of morpholine rings is 1. The molecule has 0 radical (unpaired) electrons. The molecule has 2 aromatic rings. The van der Waals surface area contributed by atoms with Gasteiger partial charge in [-0.15, -0.1) is 0 Å². The third-order valence-electron chi connectivity index (χ3n) is 5.29. The van der Waals surface area contributed by atoms with Crippen molar-refractivity contribution in [3.05, 3.63) is 53.7 Å². The van der Waals surface area contributed by atoms with Gasteiger partial charge >= 0.3 is 0 Å². The van der Waals surface area contributed by atoms with Crippen molar-refractivity contribution in [1.29, 1.82) is 0 Å². The number of hydrogen-bond donors (Lipinski definition) is 1. The smallest absolute Gasteiger partial charge is 0.223 e. The highest BCUT2D eigenvalue weighted by atomic mass is 16.5. The van der Waals surface area contributed by atoms with Crippen LogP contribution in [0.15, 0.2) is 41.1 Å². The maximum absolute atomic E-state index is 12.6. The molecule has 0 aromatic carbocycles. The Morgan fingerprint density at radius 1 is 1.35 bits per heavy atom. The lowest BCUT2D eigenvalue weighted by molar-refractivity contribution is -0.122. The van der Waals surface area contributed by atoms with Gasteiger partial charge in [0.05, 0.1) is 19.3 Å². The molecule has 3 atom stereocenters. The van der Waals surface area contributed by atoms with Crippen LogP contribution >= 0.6 is 0 Å². The molecule has 2 aromatic heterocycles. The molecule has 0 bridgehead atoms. The van der Waals surface area contributed by atoms with Crippen LogP contribution in [0.4, 0.5) is 0 Å². The van der Waals surface area contributed by atoms with Gasteiger partial charge in [0.15, 0.2) is 0 Å². The zero-order valence-corrected chi connectivity index (χ0v) is 15.1. The van der Waals surface area contributed by atoms with Gasteiger partial charge < -0.3 is 14.5 Å². The lowest BCUT2D eigenvalue weighted by Gasteiger charge is -2.33. The number of pyridine rings is 1. The summed E-state index contributed by atoms with van der Waals surface area (Å²) in [5.74, 6) is 2.28. The Bertz CT molecular complexity index is 740. The fraction of sp³-hybridized carbons (Fsp3) is 0.500. The third kappa shape index (κ3) is 3.81. The lowest BCUT2D eigenvalue weighted by atomic mass is 10.1. The van der Waals surface area contributed by atoms with Crippen molar-refractivity contribution >= 4 is 5.91 Å². The molecule has 2 fully saturated rings. The van der Waals surface area contributed by atoms with Gasteiger partial charge in [-0.3, -0.25) is 14.7 Å². The second kappa shape index (κ2) is 7.60. The summed E-state index contributed by atoms with van der Waals surface area (Å²) >= 11 is 0. The van der Waals surface area contributed by atoms with Crippen LogP contribution in [0.25, 0.3) is 0 Å². The van der Waals surface area contributed by atoms with E-state index in [0.717, 1.165) is 49.8 Å². The Balaban J connectivity index is 1.38. The average Bonchev–Trinajstić information content (AvgIpc) is 3.38. The molecule has 1 aliphatic heterocycles. The number of carbonyl (C=O) groups excluding carboxylic acids is 1. The van der Waals surface area contributed by atoms with Gasteiger partial charge in [0.25, 0.3) is 0 Å². The van der Waals surface area contributed by atoms with Crippen LogP contribution in [0.5, 0.6) is 0 Å². The zero-order valence-electron chi connectivity index (χ0n) is 15.1. The zero-order chi connectivity index (χ0) is 17.9. The van der Waals surface area contributed by atoms with Crippen molar-refractivity contribution in [3.8, 4) is 0 Å². The molecule has 1 saturated heterocycles. The Kier molecular flexibility index (Phi) is 5.04. The van der Waals surface area contributed by atoms with Crippen LogP contribution in [0.1, 0.15) is 35.5 Å². The number of carbonyl (C=O) groups is 1. The molecule has 1 amide bonds. The van der Waals surface area contributed by atoms with Gasteiger partial charge in [-0.2, -0.15) is 0 Å². The molecular weight excluding hydrogens is 330 g/mol. The number of rotatable bonds is 6. The fourth-order valence-electron chi connectivity index (χ4n) is 3.71. The summed E-state index contributed by atoms with van der Waals surface area (Å²) in [4.78, 5) is 19.1. The molecule has 4 rings (SSSR count). The van der Waals surface area contributed by atoms with Crippen LogP contribution in [0, 0.1) is 12.8 Å². The Morgan fingerprint density at radius 2 is 2.19 bits per heavy atom. The number of aromatic nitrogens is 1. The van der Waals surface area contributed by atoms with Crippen LogP contribution < -0.4 is 5.32 Å². The van der Waals surface area contributed by atoms with E-state index in [-0.39, 0.29) is 17.9 Å². The van der Waals surface area contributed by atoms with Gasteiger partial charge in [0, 0.05) is 37.9 Å². The predicted octanol–water partition coefficient (Wildman–Crippen LogP) is 2.28. The number of amides is 1. The first-order valence-electron chi connectivity index (χ1n) is 9.28. The minimum Gasteiger partial charge on any atom is -0.465 e. The molecule has 1 N–H and O–H groups in total. The van der Waals surface area contributed by atoms with E-state index >= 15 is 0 Å². The molecule has 2 aliphatic rings. The molecule has 138 valence electrons. The summed E-state index contributed by atoms with van der Waals surface area (Å²) in [5, 5.41) is 3.15. The van der Waals surface area contributed by atoms with Crippen molar-refractivity contribution in [1.82, 2.24) is 15.2 Å². The quantitative estimate of drug-likeness (QED) is 0.861. The monoisotopic (exact) mass is 355 g/mol. The average molecular weight is 355 g/mol. The molecule has 6 heteroatoms. The largest absolute Gasteiger partial charge is 0.465 e. The van der Waals surface area contributed by atoms with E-state index in [1.807, 2.05) is 37.4 Å². The van der Waals surface area contributed by atoms with E-state index in [0.29, 0.717) is 12.5 Å². The van der Waals surface area contributed by atoms with Gasteiger partial charge in [-0.25, -0.2) is 0 Å². The summed E-state index contributed by atoms with van der Waals surface area (Å²) in [7, 11) is 0. The molecule has 0 spiro atoms. The molecule has 1 saturated carbocycles. The molecule has 6 nitrogen and oxygen atoms in total. The summed E-state index contributed by atoms with van der Waals surface area (Å²) < 4.78 is 11.3. The van der Waals surface area contributed by atoms with E-state index in [1.54, 1.807) is 6.20 Å². The third-order valence-corrected chi connectivity index (χ3v) is 5.29. The second-order valence-electron chi connectivity index (χ2n) is 7.09. The maximum atomic E-state index is 12.6. The number of nitrogens with one attached hydrogen (secondary N) is 1. The van der Waals surface area contributed by atoms with Gasteiger partial charge in [-0.1, -0.05) is 6.07 Å². The highest BCUT2D eigenvalue weighted by Gasteiger charge is 2.44. The van der Waals surface area contributed by atoms with Gasteiger partial charge in [0.1, 0.15) is 11.5 Å². The minimum absolute atomic E-state index is 0.0483. The normalized spacial score (nSPS) is 24.2. The molecular formula is C20H25N3O3. The number of ether oxygens (including phenoxy) is 1. The Morgan fingerprint density at radius 3 is 2.88 bits per heavy atom. The van der Waals surface area contributed by atoms with E-state index in [9.17, 15) is 4.79 Å². The fourth-order valence-corrected chi connectivity index (χ4v) is 3.71. The first-order chi connectivity index (χ1) is 12.7. The molecule has 0 unspecified atom stereocenters. The van der Waals surface area contributed by atoms with E-state index in [4.69, 9.17) is 9.15 Å². The van der Waals surface area contributed by atoms with Crippen LogP contribution in [-0.2, 0) is 9.53 Å². The first-order valence-corrected chi connectivity index (χ1v) is 9.28. The standard InChI is InChI=1S/C20H25N3O3/c1-14-4-5-19(26-14)18(23-7-9-25-10-8-23)13-22-20(24)17-11-16(17)15-3-2-6-21-12-15/h2-6,12,16-18H,7-11,13H2,1H3,(H,22,24)/t16-,17-,18-/m0/s1. The van der Waals surface area contributed by atoms with E-state index < -0.39 is 0 Å². The summed E-state index contributed by atoms with van der Waals surface area (Å²) in [6.07, 6.45) is 4.53. The number of hydrogen-bond acceptors (Lipinski definition) is 5. The van der Waals surface area contributed by atoms with Crippen LogP contribution in [0.2, 0.25) is 0 Å². The van der Waals surface area contributed by atoms with E-state index in [2.05, 4.69) is 15.2 Å². The van der Waals surface area contributed by atoms with Gasteiger partial charge in [0.2, 0.25) is 5.91 Å². The van der Waals surface area contributed by atoms with E-state index in [1.165, 1.54) is 0 Å². The highest BCUT2D eigenvalue weighted by molar-refractivity contribution is 5.82. The van der Waals surface area contributed by atoms with Gasteiger partial charge in [-0.05, 0) is 43.0 Å². The molecule has 3 heterocycles.